The van der Waals surface area contributed by atoms with Gasteiger partial charge in [0.2, 0.25) is 0 Å². The third-order valence-corrected chi connectivity index (χ3v) is 5.40. The number of aliphatic carboxylic acids is 1. The highest BCUT2D eigenvalue weighted by atomic mass is 32.2. The molecule has 0 aromatic carbocycles. The molecule has 0 bridgehead atoms. The Morgan fingerprint density at radius 1 is 1.48 bits per heavy atom. The summed E-state index contributed by atoms with van der Waals surface area (Å²) in [6.07, 6.45) is 3.20. The largest absolute Gasteiger partial charge is 0.481 e. The van der Waals surface area contributed by atoms with Crippen LogP contribution in [0.1, 0.15) is 29.7 Å². The van der Waals surface area contributed by atoms with Crippen molar-refractivity contribution in [3.63, 3.8) is 0 Å². The first-order valence-corrected chi connectivity index (χ1v) is 8.60. The molecule has 1 aliphatic heterocycles. The highest BCUT2D eigenvalue weighted by molar-refractivity contribution is 8.26. The molecule has 0 radical (unpaired) electrons. The molecule has 112 valence electrons. The van der Waals surface area contributed by atoms with Gasteiger partial charge in [-0.25, -0.2) is 0 Å². The lowest BCUT2D eigenvalue weighted by molar-refractivity contribution is -0.137. The number of aryl methyl sites for hydroxylation is 1. The lowest BCUT2D eigenvalue weighted by Crippen LogP contribution is -2.29. The summed E-state index contributed by atoms with van der Waals surface area (Å²) < 4.78 is 0.552. The molecule has 4 nitrogen and oxygen atoms in total. The third kappa shape index (κ3) is 4.15. The van der Waals surface area contributed by atoms with Crippen LogP contribution >= 0.6 is 35.3 Å². The number of carboxylic acids is 1. The van der Waals surface area contributed by atoms with Crippen molar-refractivity contribution >= 4 is 57.6 Å². The first-order chi connectivity index (χ1) is 9.99. The van der Waals surface area contributed by atoms with E-state index in [0.29, 0.717) is 28.6 Å². The molecule has 1 fully saturated rings. The summed E-state index contributed by atoms with van der Waals surface area (Å²) in [6, 6.07) is 2.02. The molecule has 1 aromatic heterocycles. The second kappa shape index (κ2) is 7.20. The summed E-state index contributed by atoms with van der Waals surface area (Å²) in [5.74, 6) is -0.887. The lowest BCUT2D eigenvalue weighted by atomic mass is 10.2. The molecular weight excluding hydrogens is 326 g/mol. The average molecular weight is 341 g/mol. The summed E-state index contributed by atoms with van der Waals surface area (Å²) in [5.41, 5.74) is 1.15. The highest BCUT2D eigenvalue weighted by Crippen LogP contribution is 2.34. The van der Waals surface area contributed by atoms with E-state index in [1.807, 2.05) is 24.4 Å². The van der Waals surface area contributed by atoms with Crippen LogP contribution in [0.15, 0.2) is 16.4 Å². The van der Waals surface area contributed by atoms with Gasteiger partial charge in [-0.2, -0.15) is 0 Å². The van der Waals surface area contributed by atoms with Crippen LogP contribution < -0.4 is 0 Å². The molecule has 7 heteroatoms. The molecule has 0 spiro atoms. The molecular formula is C14H15NO3S3. The lowest BCUT2D eigenvalue weighted by Gasteiger charge is -2.13. The minimum atomic E-state index is -0.812. The van der Waals surface area contributed by atoms with Gasteiger partial charge in [0, 0.05) is 17.8 Å². The van der Waals surface area contributed by atoms with Gasteiger partial charge in [0.1, 0.15) is 4.32 Å². The number of carbonyl (C=O) groups is 2. The van der Waals surface area contributed by atoms with Gasteiger partial charge in [-0.3, -0.25) is 14.5 Å². The first kappa shape index (κ1) is 16.2. The Labute approximate surface area is 136 Å². The van der Waals surface area contributed by atoms with Crippen molar-refractivity contribution in [1.82, 2.24) is 4.90 Å². The van der Waals surface area contributed by atoms with Crippen LogP contribution in [0.4, 0.5) is 0 Å². The predicted octanol–water partition coefficient (Wildman–Crippen LogP) is 3.51. The van der Waals surface area contributed by atoms with Gasteiger partial charge in [0.15, 0.2) is 0 Å². The van der Waals surface area contributed by atoms with Crippen LogP contribution in [0.3, 0.4) is 0 Å². The summed E-state index contributed by atoms with van der Waals surface area (Å²) in [7, 11) is 0. The maximum atomic E-state index is 12.3. The zero-order valence-corrected chi connectivity index (χ0v) is 13.9. The quantitative estimate of drug-likeness (QED) is 0.487. The van der Waals surface area contributed by atoms with Gasteiger partial charge < -0.3 is 5.11 Å². The number of hydrogen-bond acceptors (Lipinski definition) is 5. The average Bonchev–Trinajstić information content (AvgIpc) is 2.92. The van der Waals surface area contributed by atoms with Crippen molar-refractivity contribution in [3.05, 3.63) is 26.8 Å². The number of hydrogen-bond donors (Lipinski definition) is 1. The van der Waals surface area contributed by atoms with E-state index in [0.717, 1.165) is 10.4 Å². The maximum Gasteiger partial charge on any atom is 0.303 e. The van der Waals surface area contributed by atoms with Crippen LogP contribution in [-0.2, 0) is 9.59 Å². The Hall–Kier alpha value is -1.18. The normalized spacial score (nSPS) is 17.0. The molecule has 0 atom stereocenters. The van der Waals surface area contributed by atoms with E-state index in [9.17, 15) is 9.59 Å². The van der Waals surface area contributed by atoms with Crippen molar-refractivity contribution in [1.29, 1.82) is 0 Å². The van der Waals surface area contributed by atoms with Crippen molar-refractivity contribution in [2.24, 2.45) is 0 Å². The van der Waals surface area contributed by atoms with Crippen LogP contribution in [0.2, 0.25) is 0 Å². The van der Waals surface area contributed by atoms with Crippen LogP contribution in [0.25, 0.3) is 6.08 Å². The number of carbonyl (C=O) groups excluding carboxylic acids is 1. The van der Waals surface area contributed by atoms with Gasteiger partial charge in [-0.15, -0.1) is 11.3 Å². The summed E-state index contributed by atoms with van der Waals surface area (Å²) in [6.45, 7) is 2.49. The van der Waals surface area contributed by atoms with Crippen molar-refractivity contribution in [3.8, 4) is 0 Å². The summed E-state index contributed by atoms with van der Waals surface area (Å²) >= 11 is 8.15. The van der Waals surface area contributed by atoms with Crippen molar-refractivity contribution in [2.45, 2.75) is 26.2 Å². The molecule has 21 heavy (non-hydrogen) atoms. The number of thiocarbonyl (C=S) groups is 1. The Kier molecular flexibility index (Phi) is 5.55. The van der Waals surface area contributed by atoms with E-state index >= 15 is 0 Å². The topological polar surface area (TPSA) is 57.6 Å². The number of carboxylic acid groups (broad SMARTS) is 1. The van der Waals surface area contributed by atoms with E-state index in [4.69, 9.17) is 17.3 Å². The van der Waals surface area contributed by atoms with Gasteiger partial charge in [0.05, 0.1) is 4.91 Å². The SMILES string of the molecule is Cc1ccsc1/C=C1\SC(=S)N(CCCCC(=O)O)C1=O. The van der Waals surface area contributed by atoms with E-state index < -0.39 is 5.97 Å². The Morgan fingerprint density at radius 3 is 2.86 bits per heavy atom. The second-order valence-corrected chi connectivity index (χ2v) is 7.28. The van der Waals surface area contributed by atoms with Crippen LogP contribution in [0, 0.1) is 6.92 Å². The third-order valence-electron chi connectivity index (χ3n) is 3.06. The number of amides is 1. The van der Waals surface area contributed by atoms with Gasteiger partial charge in [0.25, 0.3) is 5.91 Å². The summed E-state index contributed by atoms with van der Waals surface area (Å²) in [4.78, 5) is 26.1. The van der Waals surface area contributed by atoms with Crippen molar-refractivity contribution < 1.29 is 14.7 Å². The minimum absolute atomic E-state index is 0.0758. The van der Waals surface area contributed by atoms with E-state index in [-0.39, 0.29) is 12.3 Å². The fourth-order valence-electron chi connectivity index (χ4n) is 1.89. The molecule has 1 aliphatic rings. The molecule has 0 aliphatic carbocycles. The van der Waals surface area contributed by atoms with Crippen LogP contribution in [0.5, 0.6) is 0 Å². The zero-order valence-electron chi connectivity index (χ0n) is 11.5. The number of unbranched alkanes of at least 4 members (excludes halogenated alkanes) is 1. The van der Waals surface area contributed by atoms with E-state index in [1.165, 1.54) is 11.8 Å². The number of thiophene rings is 1. The van der Waals surface area contributed by atoms with Gasteiger partial charge in [-0.05, 0) is 42.9 Å². The molecule has 0 unspecified atom stereocenters. The Bertz CT molecular complexity index is 606. The molecule has 1 aromatic rings. The molecule has 2 heterocycles. The van der Waals surface area contributed by atoms with Gasteiger partial charge >= 0.3 is 5.97 Å². The Morgan fingerprint density at radius 2 is 2.24 bits per heavy atom. The maximum absolute atomic E-state index is 12.3. The Balaban J connectivity index is 1.98. The standard InChI is InChI=1S/C14H15NO3S3/c1-9-5-7-20-10(9)8-11-13(18)15(14(19)21-11)6-3-2-4-12(16)17/h5,7-8H,2-4,6H2,1H3,(H,16,17)/b11-8-. The van der Waals surface area contributed by atoms with Gasteiger partial charge in [-0.1, -0.05) is 24.0 Å². The number of nitrogens with zero attached hydrogens (tertiary/aromatic N) is 1. The van der Waals surface area contributed by atoms with Crippen LogP contribution in [-0.4, -0.2) is 32.7 Å². The summed E-state index contributed by atoms with van der Waals surface area (Å²) in [5, 5.41) is 10.6. The fourth-order valence-corrected chi connectivity index (χ4v) is 4.11. The second-order valence-electron chi connectivity index (χ2n) is 4.65. The fraction of sp³-hybridized carbons (Fsp3) is 0.357. The first-order valence-electron chi connectivity index (χ1n) is 6.50. The zero-order chi connectivity index (χ0) is 15.4. The smallest absolute Gasteiger partial charge is 0.303 e. The monoisotopic (exact) mass is 341 g/mol. The predicted molar refractivity (Wildman–Crippen MR) is 90.4 cm³/mol. The molecule has 1 saturated heterocycles. The van der Waals surface area contributed by atoms with E-state index in [1.54, 1.807) is 16.2 Å². The molecule has 1 amide bonds. The number of thioether (sulfide) groups is 1. The molecule has 2 rings (SSSR count). The minimum Gasteiger partial charge on any atom is -0.481 e. The molecule has 1 N–H and O–H groups in total. The van der Waals surface area contributed by atoms with E-state index in [2.05, 4.69) is 0 Å². The molecule has 0 saturated carbocycles. The highest BCUT2D eigenvalue weighted by Gasteiger charge is 2.31. The number of rotatable bonds is 6. The van der Waals surface area contributed by atoms with Crippen molar-refractivity contribution in [2.75, 3.05) is 6.54 Å².